The lowest BCUT2D eigenvalue weighted by Crippen LogP contribution is -2.40. The molecule has 6 nitrogen and oxygen atoms in total. The third-order valence-corrected chi connectivity index (χ3v) is 7.08. The third kappa shape index (κ3) is 6.43. The van der Waals surface area contributed by atoms with Gasteiger partial charge in [0.05, 0.1) is 6.04 Å². The highest BCUT2D eigenvalue weighted by Crippen LogP contribution is 2.39. The van der Waals surface area contributed by atoms with Crippen molar-refractivity contribution < 1.29 is 9.59 Å². The molecule has 0 saturated heterocycles. The first-order valence-electron chi connectivity index (χ1n) is 13.2. The number of pyridine rings is 2. The highest BCUT2D eigenvalue weighted by molar-refractivity contribution is 5.83. The number of nitrogens with zero attached hydrogens (tertiary/aromatic N) is 2. The second-order valence-corrected chi connectivity index (χ2v) is 10.9. The molecule has 1 aromatic carbocycles. The van der Waals surface area contributed by atoms with Gasteiger partial charge in [-0.1, -0.05) is 38.1 Å². The summed E-state index contributed by atoms with van der Waals surface area (Å²) in [5.41, 5.74) is 6.01. The van der Waals surface area contributed by atoms with Crippen LogP contribution < -0.4 is 10.9 Å². The number of hydrogen-bond acceptors (Lipinski definition) is 4. The van der Waals surface area contributed by atoms with Crippen LogP contribution in [0.5, 0.6) is 0 Å². The molecule has 194 valence electrons. The summed E-state index contributed by atoms with van der Waals surface area (Å²) in [5, 5.41) is 3.11. The minimum absolute atomic E-state index is 0.0314. The number of carbonyl (C=O) groups excluding carboxylic acids is 2. The molecule has 1 saturated carbocycles. The smallest absolute Gasteiger partial charge is 0.251 e. The van der Waals surface area contributed by atoms with Crippen LogP contribution in [0, 0.1) is 19.8 Å². The molecular formula is C31H37N3O3. The number of nitrogens with one attached hydrogen (secondary N) is 1. The number of Topliss-reactive ketones (excluding diaryl/α,β-unsaturated/α-hetero) is 1. The van der Waals surface area contributed by atoms with Crippen LogP contribution in [-0.4, -0.2) is 21.2 Å². The molecule has 0 aliphatic heterocycles. The Hall–Kier alpha value is -3.54. The summed E-state index contributed by atoms with van der Waals surface area (Å²) in [7, 11) is 0. The Balaban J connectivity index is 1.68. The highest BCUT2D eigenvalue weighted by atomic mass is 16.2. The van der Waals surface area contributed by atoms with Gasteiger partial charge < -0.3 is 9.88 Å². The van der Waals surface area contributed by atoms with E-state index in [1.54, 1.807) is 16.8 Å². The monoisotopic (exact) mass is 499 g/mol. The zero-order valence-corrected chi connectivity index (χ0v) is 22.5. The maximum Gasteiger partial charge on any atom is 0.251 e. The van der Waals surface area contributed by atoms with Crippen molar-refractivity contribution >= 4 is 11.7 Å². The van der Waals surface area contributed by atoms with Crippen molar-refractivity contribution in [2.75, 3.05) is 0 Å². The molecule has 0 unspecified atom stereocenters. The molecule has 3 aromatic rings. The average molecular weight is 500 g/mol. The average Bonchev–Trinajstić information content (AvgIpc) is 3.68. The SMILES string of the molecule is CC(=O)C[C@@H](NC(=O)[C@@H](CC(C)C)n1cc(C2CC2)ccc1=O)c1cncc(-c2c(C)cccc2C)c1. The predicted octanol–water partition coefficient (Wildman–Crippen LogP) is 5.83. The largest absolute Gasteiger partial charge is 0.347 e. The Morgan fingerprint density at radius 3 is 2.41 bits per heavy atom. The zero-order valence-electron chi connectivity index (χ0n) is 22.5. The molecule has 1 N–H and O–H groups in total. The summed E-state index contributed by atoms with van der Waals surface area (Å²) in [6, 6.07) is 10.4. The molecule has 0 bridgehead atoms. The lowest BCUT2D eigenvalue weighted by Gasteiger charge is -2.25. The highest BCUT2D eigenvalue weighted by Gasteiger charge is 2.29. The molecule has 1 aliphatic rings. The molecule has 0 radical (unpaired) electrons. The topological polar surface area (TPSA) is 81.1 Å². The molecule has 0 spiro atoms. The summed E-state index contributed by atoms with van der Waals surface area (Å²) >= 11 is 0. The summed E-state index contributed by atoms with van der Waals surface area (Å²) in [4.78, 5) is 43.3. The van der Waals surface area contributed by atoms with Gasteiger partial charge >= 0.3 is 0 Å². The van der Waals surface area contributed by atoms with Crippen molar-refractivity contribution in [1.82, 2.24) is 14.9 Å². The number of rotatable bonds is 10. The number of aryl methyl sites for hydroxylation is 2. The van der Waals surface area contributed by atoms with Crippen molar-refractivity contribution in [2.24, 2.45) is 5.92 Å². The summed E-state index contributed by atoms with van der Waals surface area (Å²) in [5.74, 6) is 0.384. The van der Waals surface area contributed by atoms with Gasteiger partial charge in [0.1, 0.15) is 11.8 Å². The Morgan fingerprint density at radius 1 is 1.08 bits per heavy atom. The first-order chi connectivity index (χ1) is 17.6. The van der Waals surface area contributed by atoms with E-state index in [0.29, 0.717) is 12.3 Å². The maximum absolute atomic E-state index is 13.8. The fraction of sp³-hybridized carbons (Fsp3) is 0.419. The fourth-order valence-electron chi connectivity index (χ4n) is 5.08. The molecule has 1 amide bonds. The van der Waals surface area contributed by atoms with Gasteiger partial charge in [-0.15, -0.1) is 0 Å². The number of carbonyl (C=O) groups is 2. The summed E-state index contributed by atoms with van der Waals surface area (Å²) < 4.78 is 1.58. The first kappa shape index (κ1) is 26.5. The van der Waals surface area contributed by atoms with Gasteiger partial charge in [0.15, 0.2) is 0 Å². The van der Waals surface area contributed by atoms with E-state index in [1.165, 1.54) is 6.92 Å². The van der Waals surface area contributed by atoms with E-state index in [-0.39, 0.29) is 29.6 Å². The summed E-state index contributed by atoms with van der Waals surface area (Å²) in [6.45, 7) is 9.74. The predicted molar refractivity (Wildman–Crippen MR) is 146 cm³/mol. The maximum atomic E-state index is 13.8. The van der Waals surface area contributed by atoms with Gasteiger partial charge in [-0.3, -0.25) is 19.4 Å². The number of aromatic nitrogens is 2. The van der Waals surface area contributed by atoms with E-state index in [2.05, 4.69) is 36.3 Å². The lowest BCUT2D eigenvalue weighted by molar-refractivity contribution is -0.126. The number of amides is 1. The van der Waals surface area contributed by atoms with Crippen LogP contribution in [0.25, 0.3) is 11.1 Å². The molecule has 2 atom stereocenters. The van der Waals surface area contributed by atoms with Crippen LogP contribution in [0.1, 0.15) is 86.7 Å². The van der Waals surface area contributed by atoms with E-state index < -0.39 is 12.1 Å². The fourth-order valence-corrected chi connectivity index (χ4v) is 5.08. The Morgan fingerprint density at radius 2 is 1.78 bits per heavy atom. The van der Waals surface area contributed by atoms with Crippen LogP contribution >= 0.6 is 0 Å². The van der Waals surface area contributed by atoms with Crippen LogP contribution in [0.3, 0.4) is 0 Å². The van der Waals surface area contributed by atoms with E-state index in [1.807, 2.05) is 44.4 Å². The minimum Gasteiger partial charge on any atom is -0.347 e. The van der Waals surface area contributed by atoms with Gasteiger partial charge in [-0.05, 0) is 85.8 Å². The van der Waals surface area contributed by atoms with Gasteiger partial charge in [-0.2, -0.15) is 0 Å². The first-order valence-corrected chi connectivity index (χ1v) is 13.2. The van der Waals surface area contributed by atoms with Gasteiger partial charge in [0.25, 0.3) is 5.56 Å². The van der Waals surface area contributed by atoms with E-state index >= 15 is 0 Å². The zero-order chi connectivity index (χ0) is 26.7. The van der Waals surface area contributed by atoms with Crippen LogP contribution in [0.15, 0.2) is 59.8 Å². The van der Waals surface area contributed by atoms with Crippen LogP contribution in [0.4, 0.5) is 0 Å². The molecule has 2 aromatic heterocycles. The Bertz CT molecular complexity index is 1330. The molecule has 37 heavy (non-hydrogen) atoms. The Labute approximate surface area is 219 Å². The number of hydrogen-bond donors (Lipinski definition) is 1. The van der Waals surface area contributed by atoms with Gasteiger partial charge in [0, 0.05) is 36.6 Å². The molecule has 1 fully saturated rings. The van der Waals surface area contributed by atoms with Crippen LogP contribution in [-0.2, 0) is 9.59 Å². The van der Waals surface area contributed by atoms with Gasteiger partial charge in [0.2, 0.25) is 5.91 Å². The minimum atomic E-state index is -0.657. The number of ketones is 1. The molecule has 1 aliphatic carbocycles. The molecule has 2 heterocycles. The standard InChI is InChI=1S/C31H37N3O3/c1-19(2)13-28(34-18-24(23-9-10-23)11-12-29(34)36)31(37)33-27(14-22(5)35)25-15-26(17-32-16-25)30-20(3)7-6-8-21(30)4/h6-8,11-12,15-19,23,27-28H,9-10,13-14H2,1-5H3,(H,33,37)/t27-,28-/m1/s1. The van der Waals surface area contributed by atoms with Crippen LogP contribution in [0.2, 0.25) is 0 Å². The second kappa shape index (κ2) is 11.2. The molecule has 6 heteroatoms. The third-order valence-electron chi connectivity index (χ3n) is 7.08. The normalized spacial score (nSPS) is 14.9. The van der Waals surface area contributed by atoms with Crippen molar-refractivity contribution in [1.29, 1.82) is 0 Å². The van der Waals surface area contributed by atoms with E-state index in [9.17, 15) is 14.4 Å². The van der Waals surface area contributed by atoms with Gasteiger partial charge in [-0.25, -0.2) is 0 Å². The van der Waals surface area contributed by atoms with E-state index in [0.717, 1.165) is 46.2 Å². The van der Waals surface area contributed by atoms with Crippen molar-refractivity contribution in [3.8, 4) is 11.1 Å². The lowest BCUT2D eigenvalue weighted by atomic mass is 9.94. The quantitative estimate of drug-likeness (QED) is 0.381. The summed E-state index contributed by atoms with van der Waals surface area (Å²) in [6.07, 6.45) is 8.28. The van der Waals surface area contributed by atoms with Crippen molar-refractivity contribution in [2.45, 2.75) is 78.3 Å². The van der Waals surface area contributed by atoms with Crippen molar-refractivity contribution in [3.63, 3.8) is 0 Å². The Kier molecular flexibility index (Phi) is 8.06. The number of benzene rings is 1. The molecule has 4 rings (SSSR count). The molecular weight excluding hydrogens is 462 g/mol. The van der Waals surface area contributed by atoms with Crippen molar-refractivity contribution in [3.05, 3.63) is 87.6 Å². The second-order valence-electron chi connectivity index (χ2n) is 10.9. The van der Waals surface area contributed by atoms with E-state index in [4.69, 9.17) is 0 Å².